The molecule has 2 rings (SSSR count). The molecule has 0 aliphatic rings. The Balaban J connectivity index is 2.59. The number of H-pyrrole nitrogens is 1. The molecule has 0 bridgehead atoms. The highest BCUT2D eigenvalue weighted by molar-refractivity contribution is 7.71. The van der Waals surface area contributed by atoms with E-state index >= 15 is 0 Å². The number of hydrogen-bond donors (Lipinski definition) is 2. The van der Waals surface area contributed by atoms with E-state index in [1.54, 1.807) is 18.3 Å². The highest BCUT2D eigenvalue weighted by atomic mass is 35.5. The quantitative estimate of drug-likeness (QED) is 0.778. The van der Waals surface area contributed by atoms with Crippen LogP contribution in [0.2, 0.25) is 10.0 Å². The van der Waals surface area contributed by atoms with E-state index in [0.717, 1.165) is 11.1 Å². The van der Waals surface area contributed by atoms with Crippen LogP contribution in [0.1, 0.15) is 0 Å². The van der Waals surface area contributed by atoms with Gasteiger partial charge in [-0.25, -0.2) is 4.98 Å². The summed E-state index contributed by atoms with van der Waals surface area (Å²) < 4.78 is 0.348. The van der Waals surface area contributed by atoms with Crippen molar-refractivity contribution in [3.8, 4) is 11.1 Å². The van der Waals surface area contributed by atoms with E-state index in [-0.39, 0.29) is 0 Å². The molecule has 0 unspecified atom stereocenters. The molecule has 0 atom stereocenters. The Morgan fingerprint density at radius 3 is 2.62 bits per heavy atom. The zero-order valence-electron chi connectivity index (χ0n) is 8.00. The molecule has 0 aliphatic heterocycles. The van der Waals surface area contributed by atoms with Crippen LogP contribution in [0.15, 0.2) is 24.4 Å². The lowest BCUT2D eigenvalue weighted by atomic mass is 10.1. The third-order valence-corrected chi connectivity index (χ3v) is 3.02. The average molecular weight is 272 g/mol. The summed E-state index contributed by atoms with van der Waals surface area (Å²) in [5.41, 5.74) is 7.38. The molecule has 0 saturated heterocycles. The normalized spacial score (nSPS) is 10.4. The summed E-state index contributed by atoms with van der Waals surface area (Å²) in [5, 5.41) is 0.974. The molecule has 0 saturated carbocycles. The summed E-state index contributed by atoms with van der Waals surface area (Å²) in [6.07, 6.45) is 1.60. The standard InChI is InChI=1S/C10H7Cl2N3S/c11-7-2-1-5(3-8(7)12)6-4-14-10(16)15-9(6)13/h1-4H,(H3,13,14,15,16). The fraction of sp³-hybridized carbons (Fsp3) is 0. The van der Waals surface area contributed by atoms with Gasteiger partial charge in [0.15, 0.2) is 4.77 Å². The maximum atomic E-state index is 5.92. The van der Waals surface area contributed by atoms with Crippen molar-refractivity contribution in [3.63, 3.8) is 0 Å². The highest BCUT2D eigenvalue weighted by Gasteiger charge is 2.05. The van der Waals surface area contributed by atoms with Crippen LogP contribution in [0.3, 0.4) is 0 Å². The summed E-state index contributed by atoms with van der Waals surface area (Å²) in [7, 11) is 0. The van der Waals surface area contributed by atoms with Crippen LogP contribution in [0.4, 0.5) is 5.82 Å². The minimum atomic E-state index is 0.348. The van der Waals surface area contributed by atoms with Crippen LogP contribution in [-0.4, -0.2) is 9.97 Å². The number of nitrogen functional groups attached to an aromatic ring is 1. The van der Waals surface area contributed by atoms with Gasteiger partial charge in [0.05, 0.1) is 10.0 Å². The number of rotatable bonds is 1. The van der Waals surface area contributed by atoms with Crippen LogP contribution in [0, 0.1) is 4.77 Å². The third-order valence-electron chi connectivity index (χ3n) is 2.07. The second-order valence-corrected chi connectivity index (χ2v) is 4.35. The number of nitrogens with zero attached hydrogens (tertiary/aromatic N) is 1. The van der Waals surface area contributed by atoms with Gasteiger partial charge in [-0.05, 0) is 29.9 Å². The lowest BCUT2D eigenvalue weighted by Crippen LogP contribution is -1.96. The molecular formula is C10H7Cl2N3S. The van der Waals surface area contributed by atoms with Gasteiger partial charge in [0.1, 0.15) is 5.82 Å². The van der Waals surface area contributed by atoms with Gasteiger partial charge < -0.3 is 10.7 Å². The second kappa shape index (κ2) is 4.41. The molecule has 0 radical (unpaired) electrons. The monoisotopic (exact) mass is 271 g/mol. The van der Waals surface area contributed by atoms with Crippen molar-refractivity contribution in [3.05, 3.63) is 39.2 Å². The van der Waals surface area contributed by atoms with Crippen molar-refractivity contribution in [2.75, 3.05) is 5.73 Å². The summed E-state index contributed by atoms with van der Waals surface area (Å²) in [6.45, 7) is 0. The van der Waals surface area contributed by atoms with Gasteiger partial charge in [0.2, 0.25) is 0 Å². The SMILES string of the molecule is Nc1[nH]c(=S)ncc1-c1ccc(Cl)c(Cl)c1. The van der Waals surface area contributed by atoms with Gasteiger partial charge in [0.25, 0.3) is 0 Å². The second-order valence-electron chi connectivity index (χ2n) is 3.14. The topological polar surface area (TPSA) is 54.7 Å². The summed E-state index contributed by atoms with van der Waals surface area (Å²) in [5.74, 6) is 0.457. The number of nitrogens with one attached hydrogen (secondary N) is 1. The van der Waals surface area contributed by atoms with Crippen molar-refractivity contribution >= 4 is 41.2 Å². The van der Waals surface area contributed by atoms with Crippen molar-refractivity contribution in [1.29, 1.82) is 0 Å². The number of hydrogen-bond acceptors (Lipinski definition) is 3. The zero-order chi connectivity index (χ0) is 11.7. The predicted molar refractivity (Wildman–Crippen MR) is 69.3 cm³/mol. The Morgan fingerprint density at radius 1 is 1.25 bits per heavy atom. The Morgan fingerprint density at radius 2 is 2.00 bits per heavy atom. The van der Waals surface area contributed by atoms with Crippen LogP contribution in [-0.2, 0) is 0 Å². The minimum Gasteiger partial charge on any atom is -0.385 e. The highest BCUT2D eigenvalue weighted by Crippen LogP contribution is 2.30. The maximum Gasteiger partial charge on any atom is 0.198 e. The largest absolute Gasteiger partial charge is 0.385 e. The zero-order valence-corrected chi connectivity index (χ0v) is 10.3. The molecule has 0 aliphatic carbocycles. The molecule has 16 heavy (non-hydrogen) atoms. The third kappa shape index (κ3) is 2.19. The van der Waals surface area contributed by atoms with E-state index in [2.05, 4.69) is 9.97 Å². The Bertz CT molecular complexity index is 595. The summed E-state index contributed by atoms with van der Waals surface area (Å²) in [6, 6.07) is 5.26. The van der Waals surface area contributed by atoms with Gasteiger partial charge in [0, 0.05) is 11.8 Å². The first-order valence-electron chi connectivity index (χ1n) is 4.38. The number of aromatic nitrogens is 2. The lowest BCUT2D eigenvalue weighted by Gasteiger charge is -2.05. The fourth-order valence-corrected chi connectivity index (χ4v) is 1.76. The molecule has 6 heteroatoms. The van der Waals surface area contributed by atoms with Crippen LogP contribution >= 0.6 is 35.4 Å². The van der Waals surface area contributed by atoms with Crippen LogP contribution in [0.25, 0.3) is 11.1 Å². The van der Waals surface area contributed by atoms with E-state index in [9.17, 15) is 0 Å². The number of aromatic amines is 1. The lowest BCUT2D eigenvalue weighted by molar-refractivity contribution is 1.15. The van der Waals surface area contributed by atoms with Crippen molar-refractivity contribution in [2.45, 2.75) is 0 Å². The molecular weight excluding hydrogens is 265 g/mol. The van der Waals surface area contributed by atoms with E-state index in [4.69, 9.17) is 41.2 Å². The van der Waals surface area contributed by atoms with E-state index in [1.807, 2.05) is 6.07 Å². The first kappa shape index (κ1) is 11.4. The molecule has 0 fully saturated rings. The van der Waals surface area contributed by atoms with Crippen molar-refractivity contribution in [1.82, 2.24) is 9.97 Å². The smallest absolute Gasteiger partial charge is 0.198 e. The molecule has 3 nitrogen and oxygen atoms in total. The molecule has 0 amide bonds. The summed E-state index contributed by atoms with van der Waals surface area (Å²) >= 11 is 16.6. The average Bonchev–Trinajstić information content (AvgIpc) is 2.22. The number of benzene rings is 1. The van der Waals surface area contributed by atoms with Gasteiger partial charge in [-0.15, -0.1) is 0 Å². The van der Waals surface area contributed by atoms with Crippen LogP contribution in [0.5, 0.6) is 0 Å². The van der Waals surface area contributed by atoms with Gasteiger partial charge in [-0.3, -0.25) is 0 Å². The first-order valence-corrected chi connectivity index (χ1v) is 5.54. The van der Waals surface area contributed by atoms with Gasteiger partial charge in [-0.2, -0.15) is 0 Å². The van der Waals surface area contributed by atoms with E-state index in [1.165, 1.54) is 0 Å². The van der Waals surface area contributed by atoms with Crippen LogP contribution < -0.4 is 5.73 Å². The number of halogens is 2. The molecule has 0 spiro atoms. The Kier molecular flexibility index (Phi) is 3.14. The van der Waals surface area contributed by atoms with E-state index < -0.39 is 0 Å². The van der Waals surface area contributed by atoms with Crippen molar-refractivity contribution in [2.24, 2.45) is 0 Å². The first-order chi connectivity index (χ1) is 7.58. The molecule has 1 heterocycles. The molecule has 82 valence electrons. The molecule has 1 aromatic carbocycles. The van der Waals surface area contributed by atoms with Gasteiger partial charge in [-0.1, -0.05) is 29.3 Å². The molecule has 2 aromatic rings. The number of anilines is 1. The molecule has 3 N–H and O–H groups in total. The number of nitrogens with two attached hydrogens (primary N) is 1. The summed E-state index contributed by atoms with van der Waals surface area (Å²) in [4.78, 5) is 6.75. The Hall–Kier alpha value is -1.10. The maximum absolute atomic E-state index is 5.92. The minimum absolute atomic E-state index is 0.348. The Labute approximate surface area is 107 Å². The fourth-order valence-electron chi connectivity index (χ4n) is 1.30. The van der Waals surface area contributed by atoms with E-state index in [0.29, 0.717) is 20.6 Å². The van der Waals surface area contributed by atoms with Gasteiger partial charge >= 0.3 is 0 Å². The van der Waals surface area contributed by atoms with Crippen molar-refractivity contribution < 1.29 is 0 Å². The predicted octanol–water partition coefficient (Wildman–Crippen LogP) is 3.70. The molecule has 1 aromatic heterocycles.